The highest BCUT2D eigenvalue weighted by molar-refractivity contribution is 5.93. The smallest absolute Gasteiger partial charge is 0.239 e. The number of carbonyl (C=O) groups excluding carboxylic acids is 1. The number of rotatable bonds is 6. The minimum absolute atomic E-state index is 0.0706. The highest BCUT2D eigenvalue weighted by Gasteiger charge is 2.30. The number of aromatic nitrogens is 2. The molecule has 2 aromatic rings. The molecule has 0 spiro atoms. The maximum atomic E-state index is 13.0. The molecule has 0 unspecified atom stereocenters. The number of nitrogens with zero attached hydrogens (tertiary/aromatic N) is 4. The molecular weight excluding hydrogens is 378 g/mol. The zero-order chi connectivity index (χ0) is 21.3. The molecule has 2 atom stereocenters. The molecule has 2 fully saturated rings. The summed E-state index contributed by atoms with van der Waals surface area (Å²) in [5, 5.41) is 12.8. The van der Waals surface area contributed by atoms with Crippen LogP contribution in [0.3, 0.4) is 0 Å². The SMILES string of the molecule is Cc1c(C#N)c(NC(=O)CN2CCC[C@@H]2c2cccn2C)n(C[C@H]2CCCO2)c1C. The summed E-state index contributed by atoms with van der Waals surface area (Å²) in [5.74, 6) is 0.543. The summed E-state index contributed by atoms with van der Waals surface area (Å²) in [7, 11) is 2.05. The van der Waals surface area contributed by atoms with E-state index < -0.39 is 0 Å². The Bertz CT molecular complexity index is 961. The Hall–Kier alpha value is -2.56. The number of amides is 1. The van der Waals surface area contributed by atoms with Crippen LogP contribution >= 0.6 is 0 Å². The van der Waals surface area contributed by atoms with Gasteiger partial charge in [0.2, 0.25) is 5.91 Å². The second-order valence-corrected chi connectivity index (χ2v) is 8.51. The lowest BCUT2D eigenvalue weighted by atomic mass is 10.1. The number of hydrogen-bond donors (Lipinski definition) is 1. The Morgan fingerprint density at radius 3 is 2.83 bits per heavy atom. The van der Waals surface area contributed by atoms with Gasteiger partial charge in [0.1, 0.15) is 11.9 Å². The molecular formula is C23H31N5O2. The fourth-order valence-corrected chi connectivity index (χ4v) is 4.88. The van der Waals surface area contributed by atoms with Gasteiger partial charge in [-0.3, -0.25) is 9.69 Å². The van der Waals surface area contributed by atoms with Crippen LogP contribution < -0.4 is 5.32 Å². The highest BCUT2D eigenvalue weighted by atomic mass is 16.5. The van der Waals surface area contributed by atoms with Crippen LogP contribution in [0.25, 0.3) is 0 Å². The van der Waals surface area contributed by atoms with Crippen LogP contribution in [0.1, 0.15) is 54.2 Å². The molecule has 0 bridgehead atoms. The number of nitrogens with one attached hydrogen (secondary N) is 1. The Balaban J connectivity index is 1.52. The van der Waals surface area contributed by atoms with Gasteiger partial charge in [0.05, 0.1) is 30.8 Å². The number of likely N-dealkylation sites (tertiary alicyclic amines) is 1. The van der Waals surface area contributed by atoms with Gasteiger partial charge in [-0.15, -0.1) is 0 Å². The van der Waals surface area contributed by atoms with Gasteiger partial charge >= 0.3 is 0 Å². The normalized spacial score (nSPS) is 21.8. The summed E-state index contributed by atoms with van der Waals surface area (Å²) in [6, 6.07) is 6.74. The number of aryl methyl sites for hydroxylation is 1. The molecule has 1 N–H and O–H groups in total. The van der Waals surface area contributed by atoms with E-state index in [1.807, 2.05) is 13.8 Å². The van der Waals surface area contributed by atoms with Crippen molar-refractivity contribution in [3.63, 3.8) is 0 Å². The van der Waals surface area contributed by atoms with E-state index in [-0.39, 0.29) is 18.1 Å². The summed E-state index contributed by atoms with van der Waals surface area (Å²) in [5.41, 5.74) is 3.74. The average Bonchev–Trinajstić information content (AvgIpc) is 3.49. The third-order valence-electron chi connectivity index (χ3n) is 6.64. The predicted molar refractivity (Wildman–Crippen MR) is 115 cm³/mol. The summed E-state index contributed by atoms with van der Waals surface area (Å²) < 4.78 is 9.99. The van der Waals surface area contributed by atoms with Gasteiger partial charge in [-0.1, -0.05) is 0 Å². The van der Waals surface area contributed by atoms with Crippen molar-refractivity contribution in [2.45, 2.75) is 58.2 Å². The van der Waals surface area contributed by atoms with E-state index in [9.17, 15) is 10.1 Å². The van der Waals surface area contributed by atoms with Crippen molar-refractivity contribution >= 4 is 11.7 Å². The van der Waals surface area contributed by atoms with Crippen LogP contribution in [-0.4, -0.2) is 45.7 Å². The topological polar surface area (TPSA) is 75.2 Å². The van der Waals surface area contributed by atoms with Crippen LogP contribution in [-0.2, 0) is 23.1 Å². The average molecular weight is 410 g/mol. The molecule has 30 heavy (non-hydrogen) atoms. The Morgan fingerprint density at radius 2 is 2.17 bits per heavy atom. The van der Waals surface area contributed by atoms with Crippen molar-refractivity contribution in [1.82, 2.24) is 14.0 Å². The first kappa shape index (κ1) is 20.7. The monoisotopic (exact) mass is 409 g/mol. The van der Waals surface area contributed by atoms with Gasteiger partial charge in [-0.2, -0.15) is 5.26 Å². The van der Waals surface area contributed by atoms with Crippen molar-refractivity contribution in [1.29, 1.82) is 5.26 Å². The Morgan fingerprint density at radius 1 is 1.33 bits per heavy atom. The lowest BCUT2D eigenvalue weighted by Crippen LogP contribution is -2.34. The molecule has 2 saturated heterocycles. The summed E-state index contributed by atoms with van der Waals surface area (Å²) >= 11 is 0. The number of nitriles is 1. The number of carbonyl (C=O) groups is 1. The van der Waals surface area contributed by atoms with E-state index in [0.717, 1.165) is 50.1 Å². The first-order chi connectivity index (χ1) is 14.5. The highest BCUT2D eigenvalue weighted by Crippen LogP contribution is 2.32. The minimum atomic E-state index is -0.0706. The Labute approximate surface area is 178 Å². The second-order valence-electron chi connectivity index (χ2n) is 8.51. The standard InChI is InChI=1S/C23H31N5O2/c1-16-17(2)28(14-18-7-6-12-30-18)23(19(16)13-24)25-22(29)15-27-11-5-9-21(27)20-8-4-10-26(20)3/h4,8,10,18,21H,5-7,9,11-12,14-15H2,1-3H3,(H,25,29)/t18-,21-/m1/s1. The molecule has 0 saturated carbocycles. The van der Waals surface area contributed by atoms with Gasteiger partial charge in [-0.25, -0.2) is 0 Å². The molecule has 0 radical (unpaired) electrons. The van der Waals surface area contributed by atoms with Crippen molar-refractivity contribution in [2.75, 3.05) is 25.0 Å². The molecule has 1 amide bonds. The van der Waals surface area contributed by atoms with Crippen LogP contribution in [0, 0.1) is 25.2 Å². The minimum Gasteiger partial charge on any atom is -0.376 e. The van der Waals surface area contributed by atoms with Gasteiger partial charge in [0.25, 0.3) is 0 Å². The summed E-state index contributed by atoms with van der Waals surface area (Å²) in [4.78, 5) is 15.3. The molecule has 2 aliphatic heterocycles. The van der Waals surface area contributed by atoms with Gasteiger partial charge in [0.15, 0.2) is 0 Å². The first-order valence-electron chi connectivity index (χ1n) is 10.9. The van der Waals surface area contributed by atoms with Gasteiger partial charge in [0, 0.05) is 31.2 Å². The zero-order valence-electron chi connectivity index (χ0n) is 18.1. The number of anilines is 1. The van der Waals surface area contributed by atoms with E-state index in [0.29, 0.717) is 24.5 Å². The van der Waals surface area contributed by atoms with E-state index >= 15 is 0 Å². The largest absolute Gasteiger partial charge is 0.376 e. The lowest BCUT2D eigenvalue weighted by Gasteiger charge is -2.25. The lowest BCUT2D eigenvalue weighted by molar-refractivity contribution is -0.117. The number of hydrogen-bond acceptors (Lipinski definition) is 4. The number of ether oxygens (including phenoxy) is 1. The van der Waals surface area contributed by atoms with E-state index in [1.165, 1.54) is 5.69 Å². The van der Waals surface area contributed by atoms with Crippen LogP contribution in [0.4, 0.5) is 5.82 Å². The third kappa shape index (κ3) is 3.90. The van der Waals surface area contributed by atoms with Gasteiger partial charge < -0.3 is 19.2 Å². The van der Waals surface area contributed by atoms with Crippen LogP contribution in [0.2, 0.25) is 0 Å². The maximum Gasteiger partial charge on any atom is 0.239 e. The molecule has 7 heteroatoms. The molecule has 7 nitrogen and oxygen atoms in total. The molecule has 0 aromatic carbocycles. The fraction of sp³-hybridized carbons (Fsp3) is 0.565. The second kappa shape index (κ2) is 8.66. The van der Waals surface area contributed by atoms with Crippen LogP contribution in [0.5, 0.6) is 0 Å². The predicted octanol–water partition coefficient (Wildman–Crippen LogP) is 3.27. The molecule has 2 aliphatic rings. The third-order valence-corrected chi connectivity index (χ3v) is 6.64. The summed E-state index contributed by atoms with van der Waals surface area (Å²) in [6.07, 6.45) is 6.40. The van der Waals surface area contributed by atoms with Crippen molar-refractivity contribution in [2.24, 2.45) is 7.05 Å². The van der Waals surface area contributed by atoms with Crippen LogP contribution in [0.15, 0.2) is 18.3 Å². The maximum absolute atomic E-state index is 13.0. The Kier molecular flexibility index (Phi) is 5.98. The molecule has 2 aromatic heterocycles. The van der Waals surface area contributed by atoms with Crippen molar-refractivity contribution in [3.05, 3.63) is 40.8 Å². The van der Waals surface area contributed by atoms with Crippen molar-refractivity contribution < 1.29 is 9.53 Å². The zero-order valence-corrected chi connectivity index (χ0v) is 18.1. The molecule has 160 valence electrons. The quantitative estimate of drug-likeness (QED) is 0.795. The molecule has 4 rings (SSSR count). The van der Waals surface area contributed by atoms with Crippen molar-refractivity contribution in [3.8, 4) is 6.07 Å². The summed E-state index contributed by atoms with van der Waals surface area (Å²) in [6.45, 7) is 6.63. The fourth-order valence-electron chi connectivity index (χ4n) is 4.88. The van der Waals surface area contributed by atoms with E-state index in [1.54, 1.807) is 0 Å². The molecule has 0 aliphatic carbocycles. The van der Waals surface area contributed by atoms with E-state index in [2.05, 4.69) is 50.8 Å². The van der Waals surface area contributed by atoms with E-state index in [4.69, 9.17) is 4.74 Å². The van der Waals surface area contributed by atoms with Gasteiger partial charge in [-0.05, 0) is 63.8 Å². The first-order valence-corrected chi connectivity index (χ1v) is 10.9. The molecule has 4 heterocycles.